The lowest BCUT2D eigenvalue weighted by Gasteiger charge is -2.17. The van der Waals surface area contributed by atoms with Gasteiger partial charge in [-0.05, 0) is 18.8 Å². The Kier molecular flexibility index (Phi) is 8.09. The predicted octanol–water partition coefficient (Wildman–Crippen LogP) is 3.71. The first-order chi connectivity index (χ1) is 10.1. The van der Waals surface area contributed by atoms with E-state index in [9.17, 15) is 9.59 Å². The van der Waals surface area contributed by atoms with Gasteiger partial charge in [-0.15, -0.1) is 0 Å². The Labute approximate surface area is 127 Å². The minimum atomic E-state index is -0.331. The van der Waals surface area contributed by atoms with E-state index in [1.165, 1.54) is 36.7 Å². The van der Waals surface area contributed by atoms with Crippen LogP contribution in [0.25, 0.3) is 0 Å². The fourth-order valence-corrected chi connectivity index (χ4v) is 2.79. The molecule has 0 aromatic carbocycles. The third kappa shape index (κ3) is 5.90. The van der Waals surface area contributed by atoms with Gasteiger partial charge in [-0.3, -0.25) is 9.78 Å². The molecule has 1 unspecified atom stereocenters. The maximum Gasteiger partial charge on any atom is 0.328 e. The van der Waals surface area contributed by atoms with Crippen LogP contribution in [0.15, 0.2) is 15.8 Å². The molecule has 21 heavy (non-hydrogen) atoms. The first-order valence-electron chi connectivity index (χ1n) is 8.40. The summed E-state index contributed by atoms with van der Waals surface area (Å²) in [5, 5.41) is 0. The zero-order chi connectivity index (χ0) is 15.7. The van der Waals surface area contributed by atoms with Crippen molar-refractivity contribution in [3.63, 3.8) is 0 Å². The fraction of sp³-hybridized carbons (Fsp3) is 0.765. The van der Waals surface area contributed by atoms with E-state index in [4.69, 9.17) is 0 Å². The molecule has 120 valence electrons. The minimum Gasteiger partial charge on any atom is -0.303 e. The molecule has 1 aromatic rings. The van der Waals surface area contributed by atoms with Gasteiger partial charge in [0.25, 0.3) is 5.56 Å². The molecule has 1 aromatic heterocycles. The molecule has 0 bridgehead atoms. The van der Waals surface area contributed by atoms with Gasteiger partial charge in [-0.1, -0.05) is 58.8 Å². The Morgan fingerprint density at radius 1 is 1.00 bits per heavy atom. The van der Waals surface area contributed by atoms with Crippen molar-refractivity contribution < 1.29 is 0 Å². The second-order valence-electron chi connectivity index (χ2n) is 6.00. The van der Waals surface area contributed by atoms with Gasteiger partial charge < -0.3 is 4.57 Å². The quantitative estimate of drug-likeness (QED) is 0.669. The van der Waals surface area contributed by atoms with E-state index in [0.29, 0.717) is 0 Å². The van der Waals surface area contributed by atoms with E-state index >= 15 is 0 Å². The van der Waals surface area contributed by atoms with Crippen LogP contribution >= 0.6 is 0 Å². The third-order valence-electron chi connectivity index (χ3n) is 4.14. The van der Waals surface area contributed by atoms with Crippen molar-refractivity contribution in [3.8, 4) is 0 Å². The van der Waals surface area contributed by atoms with Crippen molar-refractivity contribution in [1.82, 2.24) is 9.55 Å². The van der Waals surface area contributed by atoms with Crippen LogP contribution in [0.1, 0.15) is 83.1 Å². The number of H-pyrrole nitrogens is 1. The molecule has 4 heteroatoms. The van der Waals surface area contributed by atoms with Crippen LogP contribution in [-0.4, -0.2) is 9.55 Å². The molecule has 4 nitrogen and oxygen atoms in total. The van der Waals surface area contributed by atoms with E-state index in [1.54, 1.807) is 13.2 Å². The van der Waals surface area contributed by atoms with Crippen molar-refractivity contribution >= 4 is 0 Å². The summed E-state index contributed by atoms with van der Waals surface area (Å²) in [5.74, 6) is 0.281. The van der Waals surface area contributed by atoms with Crippen molar-refractivity contribution in [3.05, 3.63) is 32.6 Å². The van der Waals surface area contributed by atoms with Crippen LogP contribution in [0, 0.1) is 0 Å². The molecule has 0 aliphatic carbocycles. The lowest BCUT2D eigenvalue weighted by molar-refractivity contribution is 0.494. The molecule has 1 heterocycles. The third-order valence-corrected chi connectivity index (χ3v) is 4.14. The van der Waals surface area contributed by atoms with Crippen LogP contribution in [0.5, 0.6) is 0 Å². The van der Waals surface area contributed by atoms with Gasteiger partial charge in [0.2, 0.25) is 0 Å². The minimum absolute atomic E-state index is 0.199. The molecule has 1 rings (SSSR count). The number of aryl methyl sites for hydroxylation is 1. The summed E-state index contributed by atoms with van der Waals surface area (Å²) in [5.41, 5.74) is 0.252. The number of rotatable bonds is 10. The normalized spacial score (nSPS) is 12.5. The van der Waals surface area contributed by atoms with Crippen molar-refractivity contribution in [2.24, 2.45) is 7.05 Å². The lowest BCUT2D eigenvalue weighted by atomic mass is 9.89. The Balaban J connectivity index is 2.81. The first kappa shape index (κ1) is 17.7. The van der Waals surface area contributed by atoms with E-state index in [2.05, 4.69) is 18.8 Å². The zero-order valence-electron chi connectivity index (χ0n) is 13.8. The lowest BCUT2D eigenvalue weighted by Crippen LogP contribution is -2.31. The Bertz CT molecular complexity index is 516. The van der Waals surface area contributed by atoms with Gasteiger partial charge in [0.05, 0.1) is 0 Å². The maximum absolute atomic E-state index is 12.1. The number of nitrogens with one attached hydrogen (secondary N) is 1. The first-order valence-corrected chi connectivity index (χ1v) is 8.40. The van der Waals surface area contributed by atoms with Crippen molar-refractivity contribution in [2.45, 2.75) is 77.6 Å². The molecule has 1 atom stereocenters. The van der Waals surface area contributed by atoms with Gasteiger partial charge in [-0.25, -0.2) is 4.79 Å². The summed E-state index contributed by atoms with van der Waals surface area (Å²) in [6.07, 6.45) is 12.2. The van der Waals surface area contributed by atoms with Gasteiger partial charge in [0, 0.05) is 18.8 Å². The molecule has 0 saturated carbocycles. The Morgan fingerprint density at radius 2 is 1.57 bits per heavy atom. The van der Waals surface area contributed by atoms with Crippen molar-refractivity contribution in [1.29, 1.82) is 0 Å². The summed E-state index contributed by atoms with van der Waals surface area (Å²) in [4.78, 5) is 26.0. The zero-order valence-corrected chi connectivity index (χ0v) is 13.8. The summed E-state index contributed by atoms with van der Waals surface area (Å²) in [7, 11) is 1.70. The highest BCUT2D eigenvalue weighted by atomic mass is 16.2. The number of nitrogens with zero attached hydrogens (tertiary/aromatic N) is 1. The summed E-state index contributed by atoms with van der Waals surface area (Å²) >= 11 is 0. The molecule has 0 aliphatic rings. The molecule has 0 fully saturated rings. The van der Waals surface area contributed by atoms with Crippen LogP contribution in [0.4, 0.5) is 0 Å². The fourth-order valence-electron chi connectivity index (χ4n) is 2.79. The predicted molar refractivity (Wildman–Crippen MR) is 87.9 cm³/mol. The molecular formula is C17H30N2O2. The van der Waals surface area contributed by atoms with E-state index in [1.807, 2.05) is 0 Å². The summed E-state index contributed by atoms with van der Waals surface area (Å²) < 4.78 is 1.48. The summed E-state index contributed by atoms with van der Waals surface area (Å²) in [6, 6.07) is 0. The van der Waals surface area contributed by atoms with Crippen LogP contribution in [0.3, 0.4) is 0 Å². The molecule has 0 aliphatic heterocycles. The second-order valence-corrected chi connectivity index (χ2v) is 6.00. The molecule has 0 spiro atoms. The maximum atomic E-state index is 12.1. The molecule has 0 saturated heterocycles. The van der Waals surface area contributed by atoms with Crippen LogP contribution in [0.2, 0.25) is 0 Å². The molecular weight excluding hydrogens is 264 g/mol. The monoisotopic (exact) mass is 294 g/mol. The topological polar surface area (TPSA) is 54.9 Å². The van der Waals surface area contributed by atoms with Crippen LogP contribution < -0.4 is 11.2 Å². The number of aromatic nitrogens is 2. The SMILES string of the molecule is CCCCCCC(CCCCC)c1cn(C)c(=O)[nH]c1=O. The highest BCUT2D eigenvalue weighted by Gasteiger charge is 2.16. The number of hydrogen-bond donors (Lipinski definition) is 1. The average molecular weight is 294 g/mol. The standard InChI is InChI=1S/C17H30N2O2/c1-4-6-8-10-12-14(11-9-7-5-2)15-13-19(3)17(21)18-16(15)20/h13-14H,4-12H2,1-3H3,(H,18,20,21). The van der Waals surface area contributed by atoms with E-state index < -0.39 is 0 Å². The van der Waals surface area contributed by atoms with Gasteiger partial charge in [0.15, 0.2) is 0 Å². The average Bonchev–Trinajstić information content (AvgIpc) is 2.46. The molecule has 1 N–H and O–H groups in total. The van der Waals surface area contributed by atoms with Crippen LogP contribution in [-0.2, 0) is 7.05 Å². The smallest absolute Gasteiger partial charge is 0.303 e. The van der Waals surface area contributed by atoms with E-state index in [0.717, 1.165) is 31.2 Å². The van der Waals surface area contributed by atoms with E-state index in [-0.39, 0.29) is 17.2 Å². The highest BCUT2D eigenvalue weighted by Crippen LogP contribution is 2.25. The molecule has 0 amide bonds. The number of unbranched alkanes of at least 4 members (excludes halogenated alkanes) is 5. The van der Waals surface area contributed by atoms with Crippen molar-refractivity contribution in [2.75, 3.05) is 0 Å². The second kappa shape index (κ2) is 9.59. The van der Waals surface area contributed by atoms with Gasteiger partial charge >= 0.3 is 5.69 Å². The largest absolute Gasteiger partial charge is 0.328 e. The summed E-state index contributed by atoms with van der Waals surface area (Å²) in [6.45, 7) is 4.39. The number of aromatic amines is 1. The Morgan fingerprint density at radius 3 is 2.19 bits per heavy atom. The highest BCUT2D eigenvalue weighted by molar-refractivity contribution is 5.11. The van der Waals surface area contributed by atoms with Gasteiger partial charge in [0.1, 0.15) is 0 Å². The Hall–Kier alpha value is -1.32. The van der Waals surface area contributed by atoms with Gasteiger partial charge in [-0.2, -0.15) is 0 Å². The number of hydrogen-bond acceptors (Lipinski definition) is 2. The molecule has 0 radical (unpaired) electrons.